The van der Waals surface area contributed by atoms with Gasteiger partial charge in [0, 0.05) is 25.8 Å². The van der Waals surface area contributed by atoms with Crippen LogP contribution in [0.15, 0.2) is 84.9 Å². The first-order chi connectivity index (χ1) is 41.7. The zero-order valence-electron chi connectivity index (χ0n) is 50.8. The minimum absolute atomic E-state index is 0.00884. The predicted molar refractivity (Wildman–Crippen MR) is 324 cm³/mol. The van der Waals surface area contributed by atoms with Crippen molar-refractivity contribution in [3.05, 3.63) is 102 Å². The number of benzene rings is 3. The minimum atomic E-state index is -1.87. The van der Waals surface area contributed by atoms with Crippen LogP contribution in [0.5, 0.6) is 5.75 Å². The Morgan fingerprint density at radius 2 is 0.852 bits per heavy atom. The van der Waals surface area contributed by atoms with E-state index in [-0.39, 0.29) is 82.0 Å². The van der Waals surface area contributed by atoms with Crippen LogP contribution in [-0.2, 0) is 76.8 Å². The second-order valence-corrected chi connectivity index (χ2v) is 23.7. The minimum Gasteiger partial charge on any atom is -0.508 e. The molecule has 0 radical (unpaired) electrons. The molecule has 0 saturated carbocycles. The van der Waals surface area contributed by atoms with Crippen LogP contribution in [0.25, 0.3) is 0 Å². The van der Waals surface area contributed by atoms with E-state index < -0.39 is 150 Å². The number of rotatable bonds is 18. The third-order valence-corrected chi connectivity index (χ3v) is 15.0. The van der Waals surface area contributed by atoms with E-state index in [0.717, 1.165) is 0 Å². The lowest BCUT2D eigenvalue weighted by Gasteiger charge is -2.32. The summed E-state index contributed by atoms with van der Waals surface area (Å²) < 4.78 is 0. The average Bonchev–Trinajstić information content (AvgIpc) is 3.33. The van der Waals surface area contributed by atoms with E-state index in [0.29, 0.717) is 23.1 Å². The first-order valence-corrected chi connectivity index (χ1v) is 29.9. The second kappa shape index (κ2) is 33.8. The maximum Gasteiger partial charge on any atom is 0.246 e. The first kappa shape index (κ1) is 69.8. The van der Waals surface area contributed by atoms with Gasteiger partial charge in [0.05, 0.1) is 12.8 Å². The molecular weight excluding hydrogens is 1130 g/mol. The molecule has 5 rings (SSSR count). The van der Waals surface area contributed by atoms with E-state index in [2.05, 4.69) is 47.9 Å². The molecule has 3 aromatic carbocycles. The third-order valence-electron chi connectivity index (χ3n) is 15.0. The molecule has 2 aliphatic rings. The van der Waals surface area contributed by atoms with Gasteiger partial charge in [-0.05, 0) is 91.6 Å². The number of nitrogens with two attached hydrogens (primary N) is 3. The summed E-state index contributed by atoms with van der Waals surface area (Å²) in [6.07, 6.45) is -1.52. The van der Waals surface area contributed by atoms with Crippen molar-refractivity contribution in [1.29, 1.82) is 0 Å². The van der Waals surface area contributed by atoms with Gasteiger partial charge < -0.3 is 75.1 Å². The zero-order chi connectivity index (χ0) is 64.8. The molecular formula is C62H87N13O13. The molecule has 0 spiro atoms. The van der Waals surface area contributed by atoms with Gasteiger partial charge in [0.1, 0.15) is 66.2 Å². The third kappa shape index (κ3) is 21.8. The lowest BCUT2D eigenvalue weighted by Crippen LogP contribution is -2.62. The smallest absolute Gasteiger partial charge is 0.246 e. The Morgan fingerprint density at radius 3 is 1.31 bits per heavy atom. The van der Waals surface area contributed by atoms with Crippen molar-refractivity contribution >= 4 is 70.9 Å². The zero-order valence-corrected chi connectivity index (χ0v) is 50.8. The molecule has 2 fully saturated rings. The van der Waals surface area contributed by atoms with Crippen molar-refractivity contribution in [2.45, 2.75) is 173 Å². The van der Waals surface area contributed by atoms with Crippen LogP contribution in [0.3, 0.4) is 0 Å². The number of phenolic OH excluding ortho intramolecular Hbond substituents is 1. The van der Waals surface area contributed by atoms with Crippen molar-refractivity contribution in [1.82, 2.24) is 52.8 Å². The summed E-state index contributed by atoms with van der Waals surface area (Å²) in [5, 5.41) is 34.0. The van der Waals surface area contributed by atoms with Crippen LogP contribution >= 0.6 is 0 Å². The summed E-state index contributed by atoms with van der Waals surface area (Å²) in [6.45, 7) is 10.5. The fourth-order valence-corrected chi connectivity index (χ4v) is 10.5. The molecule has 16 N–H and O–H groups in total. The highest BCUT2D eigenvalue weighted by atomic mass is 16.3. The number of nitrogens with one attached hydrogen (secondary N) is 9. The number of hydrogen-bond donors (Lipinski definition) is 13. The Balaban J connectivity index is 1.65. The number of primary amides is 2. The Hall–Kier alpha value is -8.94. The number of phenols is 1. The van der Waals surface area contributed by atoms with Crippen molar-refractivity contribution in [3.8, 4) is 5.75 Å². The average molecular weight is 1220 g/mol. The number of nitrogens with zero attached hydrogens (tertiary/aromatic N) is 1. The van der Waals surface area contributed by atoms with E-state index in [4.69, 9.17) is 17.2 Å². The molecule has 26 heteroatoms. The lowest BCUT2D eigenvalue weighted by molar-refractivity contribution is -0.142. The van der Waals surface area contributed by atoms with Crippen molar-refractivity contribution in [2.75, 3.05) is 13.1 Å². The molecule has 2 saturated heterocycles. The van der Waals surface area contributed by atoms with E-state index in [1.165, 1.54) is 29.2 Å². The van der Waals surface area contributed by atoms with Gasteiger partial charge in [0.25, 0.3) is 0 Å². The molecule has 12 amide bonds. The molecule has 0 aliphatic carbocycles. The summed E-state index contributed by atoms with van der Waals surface area (Å²) in [5.74, 6) is -12.3. The van der Waals surface area contributed by atoms with Crippen molar-refractivity contribution in [3.63, 3.8) is 0 Å². The summed E-state index contributed by atoms with van der Waals surface area (Å²) in [5.41, 5.74) is 18.7. The normalized spacial score (nSPS) is 24.6. The van der Waals surface area contributed by atoms with E-state index >= 15 is 4.79 Å². The van der Waals surface area contributed by atoms with Gasteiger partial charge in [-0.2, -0.15) is 0 Å². The van der Waals surface area contributed by atoms with Crippen LogP contribution in [-0.4, -0.2) is 154 Å². The molecule has 88 heavy (non-hydrogen) atoms. The highest BCUT2D eigenvalue weighted by molar-refractivity contribution is 6.01. The largest absolute Gasteiger partial charge is 0.508 e. The molecule has 10 atom stereocenters. The Kier molecular flexibility index (Phi) is 26.8. The van der Waals surface area contributed by atoms with Gasteiger partial charge in [-0.3, -0.25) is 57.5 Å². The maximum absolute atomic E-state index is 15.1. The summed E-state index contributed by atoms with van der Waals surface area (Å²) in [6, 6.07) is 8.28. The maximum atomic E-state index is 15.1. The van der Waals surface area contributed by atoms with Gasteiger partial charge in [-0.1, -0.05) is 114 Å². The molecule has 478 valence electrons. The number of fused-ring (bicyclic) bond motifs is 1. The van der Waals surface area contributed by atoms with Gasteiger partial charge in [-0.25, -0.2) is 0 Å². The van der Waals surface area contributed by atoms with Crippen molar-refractivity contribution in [2.24, 2.45) is 35.0 Å². The number of hydrogen-bond acceptors (Lipinski definition) is 14. The highest BCUT2D eigenvalue weighted by Gasteiger charge is 2.42. The monoisotopic (exact) mass is 1220 g/mol. The number of carbonyl (C=O) groups is 12. The van der Waals surface area contributed by atoms with Gasteiger partial charge in [0.15, 0.2) is 0 Å². The topological polar surface area (TPSA) is 415 Å². The number of aromatic hydroxyl groups is 1. The van der Waals surface area contributed by atoms with Gasteiger partial charge >= 0.3 is 0 Å². The number of amides is 12. The summed E-state index contributed by atoms with van der Waals surface area (Å²) >= 11 is 0. The molecule has 0 bridgehead atoms. The van der Waals surface area contributed by atoms with Crippen LogP contribution in [0.1, 0.15) is 110 Å². The van der Waals surface area contributed by atoms with Crippen LogP contribution < -0.4 is 65.1 Å². The van der Waals surface area contributed by atoms with Crippen LogP contribution in [0, 0.1) is 17.8 Å². The summed E-state index contributed by atoms with van der Waals surface area (Å²) in [7, 11) is 0. The Bertz CT molecular complexity index is 2930. The predicted octanol–water partition coefficient (Wildman–Crippen LogP) is -0.974. The quantitative estimate of drug-likeness (QED) is 0.0729. The van der Waals surface area contributed by atoms with Crippen LogP contribution in [0.2, 0.25) is 0 Å². The van der Waals surface area contributed by atoms with Crippen LogP contribution in [0.4, 0.5) is 0 Å². The standard InChI is InChI=1S/C62H87N13O13/c1-34(2)27-42-54(80)73-48(31-38-17-11-8-12-18-38)62(88)75-26-14-20-49(75)60(86)72-45(30-39-21-23-40(76)24-22-39)56(82)69-44(29-37-15-9-7-10-16-37)55(81)70-47(33-51(65)78)58(84)71-46(32-50(64)77)57(83)68-43(28-35(3)4)59(85)74-52(36(5)6)61(87)66-41(19-13-25-63)53(79)67-42/h7-12,15-18,21-24,34-36,41-49,52,76H,13-14,19-20,25-33,63H2,1-6H3,(H2,64,77)(H2,65,78)(H,66,87)(H,67,79)(H,68,83)(H,69,82)(H,70,81)(H,71,84)(H,72,86)(H,73,80)(H,74,85)/t41-,42-,43-,44-,45-,46-,47-,48-,49-,52-/m0/s1. The van der Waals surface area contributed by atoms with E-state index in [1.807, 2.05) is 13.8 Å². The highest BCUT2D eigenvalue weighted by Crippen LogP contribution is 2.22. The molecule has 2 heterocycles. The Morgan fingerprint density at radius 1 is 0.477 bits per heavy atom. The SMILES string of the molecule is CC(C)C[C@@H]1NC(=O)[C@H](CCCN)NC(=O)[C@H](C(C)C)NC(=O)[C@H](CC(C)C)NC(=O)[C@H](CC(N)=O)NC(=O)[C@H](CC(N)=O)NC(=O)[C@H](Cc2ccccc2)NC(=O)[C@H](Cc2ccc(O)cc2)NC(=O)[C@@H]2CCCN2C(=O)[C@H](Cc2ccccc2)NC1=O. The van der Waals surface area contributed by atoms with E-state index in [9.17, 15) is 57.8 Å². The van der Waals surface area contributed by atoms with E-state index in [1.54, 1.807) is 88.4 Å². The van der Waals surface area contributed by atoms with Gasteiger partial charge in [0.2, 0.25) is 70.9 Å². The molecule has 2 aliphatic heterocycles. The second-order valence-electron chi connectivity index (χ2n) is 23.7. The van der Waals surface area contributed by atoms with Crippen molar-refractivity contribution < 1.29 is 62.6 Å². The molecule has 0 unspecified atom stereocenters. The molecule has 26 nitrogen and oxygen atoms in total. The fourth-order valence-electron chi connectivity index (χ4n) is 10.5. The molecule has 3 aromatic rings. The molecule has 0 aromatic heterocycles. The fraction of sp³-hybridized carbons (Fsp3) is 0.516. The number of carbonyl (C=O) groups excluding carboxylic acids is 12. The lowest BCUT2D eigenvalue weighted by atomic mass is 9.98. The van der Waals surface area contributed by atoms with Gasteiger partial charge in [-0.15, -0.1) is 0 Å². The summed E-state index contributed by atoms with van der Waals surface area (Å²) in [4.78, 5) is 172. The first-order valence-electron chi connectivity index (χ1n) is 29.9. The Labute approximate surface area is 512 Å².